The Bertz CT molecular complexity index is 9.51. The Morgan fingerprint density at radius 1 is 1.67 bits per heavy atom. The molecule has 0 N–H and O–H groups in total. The summed E-state index contributed by atoms with van der Waals surface area (Å²) in [6, 6.07) is 0. The molecule has 0 atom stereocenters. The fraction of sp³-hybridized carbons (Fsp3) is 0.250. The molecule has 2 heteroatoms. The van der Waals surface area contributed by atoms with Gasteiger partial charge in [-0.2, -0.15) is 0 Å². The summed E-state index contributed by atoms with van der Waals surface area (Å²) in [6.07, 6.45) is 3.64. The van der Waals surface area contributed by atoms with E-state index in [0.29, 0.717) is 0 Å². The molecule has 39 valence electrons. The number of hydrogen-bond acceptors (Lipinski definition) is 0. The summed E-state index contributed by atoms with van der Waals surface area (Å²) in [5.74, 6) is 0. The molecular weight excluding hydrogens is 190 g/mol. The Morgan fingerprint density at radius 3 is 1.83 bits per heavy atom. The van der Waals surface area contributed by atoms with Gasteiger partial charge < -0.3 is 0 Å². The third-order valence-corrected chi connectivity index (χ3v) is 0.236. The van der Waals surface area contributed by atoms with Gasteiger partial charge >= 0.3 is 27.7 Å². The zero-order valence-electron chi connectivity index (χ0n) is 3.56. The van der Waals surface area contributed by atoms with Gasteiger partial charge in [-0.25, -0.2) is 0 Å². The van der Waals surface area contributed by atoms with Crippen molar-refractivity contribution in [2.45, 2.75) is 6.92 Å². The van der Waals surface area contributed by atoms with Crippen LogP contribution in [0.4, 0.5) is 0 Å². The van der Waals surface area contributed by atoms with Gasteiger partial charge in [0, 0.05) is 0 Å². The molecule has 0 spiro atoms. The quantitative estimate of drug-likeness (QED) is 0.563. The van der Waals surface area contributed by atoms with Gasteiger partial charge in [0.15, 0.2) is 0 Å². The van der Waals surface area contributed by atoms with E-state index in [1.165, 1.54) is 0 Å². The molecule has 0 aliphatic heterocycles. The standard InChI is InChI=1S/C4H7.ClH.Pd/c1-3-4-2;;/h3-4H,1H2,2H3;1H;/q;;+2/p-1. The van der Waals surface area contributed by atoms with Crippen molar-refractivity contribution < 1.29 is 18.2 Å². The van der Waals surface area contributed by atoms with Gasteiger partial charge in [0.1, 0.15) is 0 Å². The summed E-state index contributed by atoms with van der Waals surface area (Å²) < 4.78 is 0. The van der Waals surface area contributed by atoms with Crippen molar-refractivity contribution in [3.05, 3.63) is 19.8 Å². The van der Waals surface area contributed by atoms with Gasteiger partial charge in [0.25, 0.3) is 0 Å². The number of hydrogen-bond donors (Lipinski definition) is 0. The van der Waals surface area contributed by atoms with E-state index < -0.39 is 0 Å². The topological polar surface area (TPSA) is 0 Å². The van der Waals surface area contributed by atoms with Gasteiger partial charge in [0.05, 0.1) is 0 Å². The van der Waals surface area contributed by atoms with Crippen LogP contribution in [0.5, 0.6) is 0 Å². The number of rotatable bonds is 1. The molecule has 0 saturated heterocycles. The maximum absolute atomic E-state index is 4.49. The normalized spacial score (nSPS) is 6.17. The zero-order valence-corrected chi connectivity index (χ0v) is 5.87. The Balaban J connectivity index is 0. The van der Waals surface area contributed by atoms with Gasteiger partial charge in [-0.05, 0) is 19.8 Å². The molecule has 0 aliphatic carbocycles. The van der Waals surface area contributed by atoms with Crippen molar-refractivity contribution in [3.8, 4) is 0 Å². The predicted octanol–water partition coefficient (Wildman–Crippen LogP) is 1.94. The predicted molar refractivity (Wildman–Crippen MR) is 25.5 cm³/mol. The van der Waals surface area contributed by atoms with Crippen molar-refractivity contribution in [2.75, 3.05) is 0 Å². The first-order valence-electron chi connectivity index (χ1n) is 1.44. The van der Waals surface area contributed by atoms with Crippen LogP contribution in [0.3, 0.4) is 0 Å². The second kappa shape index (κ2) is 16.7. The van der Waals surface area contributed by atoms with E-state index in [0.717, 1.165) is 0 Å². The Kier molecular flexibility index (Phi) is 28.0. The summed E-state index contributed by atoms with van der Waals surface area (Å²) in [5.41, 5.74) is 0. The van der Waals surface area contributed by atoms with Crippen molar-refractivity contribution in [1.29, 1.82) is 0 Å². The molecule has 0 aliphatic rings. The van der Waals surface area contributed by atoms with Crippen molar-refractivity contribution in [2.24, 2.45) is 0 Å². The molecule has 0 fully saturated rings. The molecule has 0 aromatic heterocycles. The molecule has 0 unspecified atom stereocenters. The molecule has 0 amide bonds. The fourth-order valence-electron chi connectivity index (χ4n) is 0. The van der Waals surface area contributed by atoms with E-state index in [2.05, 4.69) is 34.6 Å². The summed E-state index contributed by atoms with van der Waals surface area (Å²) in [6.45, 7) is 5.36. The van der Waals surface area contributed by atoms with Gasteiger partial charge in [-0.15, -0.1) is 0 Å². The minimum atomic E-state index is 1.75. The second-order valence-electron chi connectivity index (χ2n) is 0.569. The van der Waals surface area contributed by atoms with Crippen molar-refractivity contribution >= 4 is 9.53 Å². The average molecular weight is 197 g/mol. The van der Waals surface area contributed by atoms with Crippen LogP contribution in [0, 0.1) is 19.8 Å². The van der Waals surface area contributed by atoms with E-state index in [1.54, 1.807) is 6.42 Å². The molecule has 0 aromatic carbocycles. The molecule has 0 heterocycles. The third-order valence-electron chi connectivity index (χ3n) is 0.236. The van der Waals surface area contributed by atoms with Crippen molar-refractivity contribution in [1.82, 2.24) is 0 Å². The zero-order chi connectivity index (χ0) is 5.41. The molecule has 0 bridgehead atoms. The average Bonchev–Trinajstić information content (AvgIpc) is 1.72. The Hall–Kier alpha value is 0.952. The molecule has 6 heavy (non-hydrogen) atoms. The van der Waals surface area contributed by atoms with E-state index in [9.17, 15) is 0 Å². The first-order valence-corrected chi connectivity index (χ1v) is 3.44. The van der Waals surface area contributed by atoms with Crippen LogP contribution in [0.25, 0.3) is 0 Å². The number of unbranched alkanes of at least 4 members (excludes halogenated alkanes) is 1. The van der Waals surface area contributed by atoms with Gasteiger partial charge in [-0.3, -0.25) is 0 Å². The van der Waals surface area contributed by atoms with E-state index in [4.69, 9.17) is 0 Å². The van der Waals surface area contributed by atoms with Crippen LogP contribution in [0.1, 0.15) is 6.92 Å². The van der Waals surface area contributed by atoms with Crippen LogP contribution in [0.15, 0.2) is 0 Å². The van der Waals surface area contributed by atoms with Crippen LogP contribution >= 0.6 is 9.53 Å². The summed E-state index contributed by atoms with van der Waals surface area (Å²) in [5, 5.41) is 0. The Morgan fingerprint density at radius 2 is 1.83 bits per heavy atom. The molecule has 0 nitrogen and oxygen atoms in total. The van der Waals surface area contributed by atoms with Crippen LogP contribution in [-0.2, 0) is 18.2 Å². The van der Waals surface area contributed by atoms with Crippen LogP contribution in [-0.4, -0.2) is 0 Å². The monoisotopic (exact) mass is 196 g/mol. The maximum atomic E-state index is 4.49. The first kappa shape index (κ1) is 10.0. The molecule has 0 saturated carbocycles. The molecule has 0 aromatic rings. The fourth-order valence-corrected chi connectivity index (χ4v) is 0. The molecule has 3 radical (unpaired) electrons. The van der Waals surface area contributed by atoms with E-state index >= 15 is 0 Å². The molecule has 0 rings (SSSR count). The Labute approximate surface area is 54.6 Å². The summed E-state index contributed by atoms with van der Waals surface area (Å²) >= 11 is 2.22. The van der Waals surface area contributed by atoms with Crippen LogP contribution < -0.4 is 0 Å². The first-order chi connectivity index (χ1) is 2.91. The van der Waals surface area contributed by atoms with Crippen LogP contribution in [0.2, 0.25) is 0 Å². The van der Waals surface area contributed by atoms with Gasteiger partial charge in [0.2, 0.25) is 0 Å². The summed E-state index contributed by atoms with van der Waals surface area (Å²) in [7, 11) is 4.49. The third kappa shape index (κ3) is 20.3. The molecular formula is C4H7ClPd+. The van der Waals surface area contributed by atoms with Crippen molar-refractivity contribution in [3.63, 3.8) is 0 Å². The second-order valence-corrected chi connectivity index (χ2v) is 0.569. The minimum absolute atomic E-state index is 1.75. The SMILES string of the molecule is [CH2][CH][CH]C.[Cl][Pd+]. The van der Waals surface area contributed by atoms with Gasteiger partial charge in [-0.1, -0.05) is 6.92 Å². The van der Waals surface area contributed by atoms with E-state index in [-0.39, 0.29) is 0 Å². The summed E-state index contributed by atoms with van der Waals surface area (Å²) in [4.78, 5) is 0. The van der Waals surface area contributed by atoms with E-state index in [1.807, 2.05) is 13.3 Å². The number of halogens is 1.